The van der Waals surface area contributed by atoms with Gasteiger partial charge >= 0.3 is 5.97 Å². The number of guanidine groups is 3. The topological polar surface area (TPSA) is 443 Å². The van der Waals surface area contributed by atoms with Crippen LogP contribution in [0.1, 0.15) is 105 Å². The molecule has 65 heavy (non-hydrogen) atoms. The molecule has 25 heteroatoms. The molecule has 0 aromatic heterocycles. The van der Waals surface area contributed by atoms with Crippen molar-refractivity contribution in [1.29, 1.82) is 0 Å². The van der Waals surface area contributed by atoms with Crippen LogP contribution in [0.4, 0.5) is 0 Å². The fourth-order valence-corrected chi connectivity index (χ4v) is 6.82. The second-order valence-electron chi connectivity index (χ2n) is 16.8. The highest BCUT2D eigenvalue weighted by Gasteiger charge is 2.35. The van der Waals surface area contributed by atoms with Gasteiger partial charge in [0.25, 0.3) is 0 Å². The Kier molecular flexibility index (Phi) is 27.2. The van der Waals surface area contributed by atoms with Gasteiger partial charge < -0.3 is 82.5 Å². The number of rotatable bonds is 32. The molecule has 25 nitrogen and oxygen atoms in total. The van der Waals surface area contributed by atoms with Crippen molar-refractivity contribution in [3.63, 3.8) is 0 Å². The SMILES string of the molecule is CC(C)CC(NC(=O)C(CCCN=C(N)N)NC(=O)C(NC(=O)C(CCCN=C(N)N)NC(=O)C(CCCN=C(N)N)NC(=O)C1CCCN1)C(C)C)C(=O)NC(CCCCN)C(=O)O. The van der Waals surface area contributed by atoms with Crippen LogP contribution in [0.5, 0.6) is 0 Å². The summed E-state index contributed by atoms with van der Waals surface area (Å²) in [7, 11) is 0. The van der Waals surface area contributed by atoms with Crippen LogP contribution in [-0.2, 0) is 33.6 Å². The average molecular weight is 924 g/mol. The maximum Gasteiger partial charge on any atom is 0.326 e. The van der Waals surface area contributed by atoms with E-state index in [2.05, 4.69) is 52.2 Å². The van der Waals surface area contributed by atoms with Crippen LogP contribution in [0.15, 0.2) is 15.0 Å². The summed E-state index contributed by atoms with van der Waals surface area (Å²) in [5.41, 5.74) is 38.4. The predicted octanol–water partition coefficient (Wildman–Crippen LogP) is -4.28. The lowest BCUT2D eigenvalue weighted by Crippen LogP contribution is -2.60. The first-order chi connectivity index (χ1) is 30.7. The lowest BCUT2D eigenvalue weighted by molar-refractivity contribution is -0.142. The summed E-state index contributed by atoms with van der Waals surface area (Å²) < 4.78 is 0. The van der Waals surface area contributed by atoms with Gasteiger partial charge in [-0.2, -0.15) is 0 Å². The molecule has 7 atom stereocenters. The van der Waals surface area contributed by atoms with Crippen molar-refractivity contribution in [3.8, 4) is 0 Å². The number of carboxylic acids is 1. The summed E-state index contributed by atoms with van der Waals surface area (Å²) in [4.78, 5) is 107. The van der Waals surface area contributed by atoms with Gasteiger partial charge in [0.05, 0.1) is 6.04 Å². The Bertz CT molecular complexity index is 1620. The van der Waals surface area contributed by atoms with Crippen LogP contribution in [0, 0.1) is 11.8 Å². The fraction of sp³-hybridized carbons (Fsp3) is 0.750. The quantitative estimate of drug-likeness (QED) is 0.0173. The van der Waals surface area contributed by atoms with Crippen LogP contribution in [0.2, 0.25) is 0 Å². The van der Waals surface area contributed by atoms with E-state index in [1.807, 2.05) is 13.8 Å². The molecular weight excluding hydrogens is 847 g/mol. The third-order valence-electron chi connectivity index (χ3n) is 10.3. The smallest absolute Gasteiger partial charge is 0.326 e. The molecule has 0 aliphatic carbocycles. The van der Waals surface area contributed by atoms with Gasteiger partial charge in [-0.1, -0.05) is 27.7 Å². The number of unbranched alkanes of at least 4 members (excludes halogenated alkanes) is 1. The molecule has 0 spiro atoms. The standard InChI is InChI=1S/C40H77N17O8/c1-22(2)21-29(35(62)55-28(37(64)65)11-5-6-16-41)56-33(60)26(14-9-19-50-39(44)45)54-36(63)30(23(3)4)57-34(61)27(15-10-20-51-40(46)47)53-32(59)25(13-8-18-49-38(42)43)52-31(58)24-12-7-17-48-24/h22-30,48H,5-21,41H2,1-4H3,(H,52,58)(H,53,59)(H,54,63)(H,55,62)(H,56,60)(H,57,61)(H,64,65)(H4,42,43,49)(H4,44,45,50)(H4,46,47,51). The molecule has 1 aliphatic heterocycles. The molecule has 1 rings (SSSR count). The van der Waals surface area contributed by atoms with E-state index in [0.29, 0.717) is 38.8 Å². The number of hydrogen-bond acceptors (Lipinski definition) is 12. The van der Waals surface area contributed by atoms with Crippen LogP contribution in [0.3, 0.4) is 0 Å². The van der Waals surface area contributed by atoms with Crippen LogP contribution < -0.4 is 77.4 Å². The third kappa shape index (κ3) is 24.0. The molecule has 0 aromatic rings. The Labute approximate surface area is 381 Å². The summed E-state index contributed by atoms with van der Waals surface area (Å²) >= 11 is 0. The van der Waals surface area contributed by atoms with Crippen molar-refractivity contribution in [3.05, 3.63) is 0 Å². The number of carbonyl (C=O) groups is 7. The minimum Gasteiger partial charge on any atom is -0.480 e. The molecule has 7 unspecified atom stereocenters. The molecule has 0 aromatic carbocycles. The number of hydrogen-bond donors (Lipinski definition) is 15. The number of nitrogens with two attached hydrogens (primary N) is 7. The molecule has 0 bridgehead atoms. The molecule has 1 fully saturated rings. The number of nitrogens with zero attached hydrogens (tertiary/aromatic N) is 3. The van der Waals surface area contributed by atoms with E-state index in [0.717, 1.165) is 6.42 Å². The summed E-state index contributed by atoms with van der Waals surface area (Å²) in [6.07, 6.45) is 3.54. The largest absolute Gasteiger partial charge is 0.480 e. The zero-order chi connectivity index (χ0) is 49.1. The van der Waals surface area contributed by atoms with E-state index in [9.17, 15) is 38.7 Å². The summed E-state index contributed by atoms with van der Waals surface area (Å²) in [6.45, 7) is 8.36. The first kappa shape index (κ1) is 57.0. The van der Waals surface area contributed by atoms with Crippen LogP contribution in [0.25, 0.3) is 0 Å². The summed E-state index contributed by atoms with van der Waals surface area (Å²) in [5.74, 6) is -6.44. The van der Waals surface area contributed by atoms with Gasteiger partial charge in [0, 0.05) is 19.6 Å². The molecule has 1 heterocycles. The van der Waals surface area contributed by atoms with Gasteiger partial charge in [0.1, 0.15) is 36.3 Å². The number of aliphatic imine (C=N–C) groups is 3. The number of nitrogens with one attached hydrogen (secondary N) is 7. The lowest BCUT2D eigenvalue weighted by Gasteiger charge is -2.29. The molecular formula is C40H77N17O8. The number of carboxylic acid groups (broad SMARTS) is 1. The monoisotopic (exact) mass is 924 g/mol. The highest BCUT2D eigenvalue weighted by molar-refractivity contribution is 5.97. The van der Waals surface area contributed by atoms with E-state index < -0.39 is 83.7 Å². The van der Waals surface area contributed by atoms with Crippen LogP contribution >= 0.6 is 0 Å². The fourth-order valence-electron chi connectivity index (χ4n) is 6.82. The van der Waals surface area contributed by atoms with Crippen molar-refractivity contribution < 1.29 is 38.7 Å². The number of amides is 6. The zero-order valence-corrected chi connectivity index (χ0v) is 38.4. The summed E-state index contributed by atoms with van der Waals surface area (Å²) in [5, 5.41) is 29.0. The Balaban J connectivity index is 3.43. The molecule has 6 amide bonds. The van der Waals surface area contributed by atoms with Gasteiger partial charge in [-0.15, -0.1) is 0 Å². The zero-order valence-electron chi connectivity index (χ0n) is 38.4. The third-order valence-corrected chi connectivity index (χ3v) is 10.3. The number of aliphatic carboxylic acids is 1. The number of carbonyl (C=O) groups excluding carboxylic acids is 6. The van der Waals surface area contributed by atoms with E-state index in [1.54, 1.807) is 13.8 Å². The van der Waals surface area contributed by atoms with Crippen molar-refractivity contribution in [2.24, 2.45) is 66.9 Å². The normalized spacial score (nSPS) is 16.1. The van der Waals surface area contributed by atoms with E-state index in [-0.39, 0.29) is 94.3 Å². The minimum atomic E-state index is -1.27. The van der Waals surface area contributed by atoms with E-state index in [1.165, 1.54) is 0 Å². The first-order valence-electron chi connectivity index (χ1n) is 22.3. The van der Waals surface area contributed by atoms with Crippen molar-refractivity contribution in [2.75, 3.05) is 32.7 Å². The highest BCUT2D eigenvalue weighted by Crippen LogP contribution is 2.12. The molecule has 1 saturated heterocycles. The average Bonchev–Trinajstić information content (AvgIpc) is 3.77. The lowest BCUT2D eigenvalue weighted by atomic mass is 9.99. The van der Waals surface area contributed by atoms with E-state index in [4.69, 9.17) is 40.1 Å². The molecule has 370 valence electrons. The van der Waals surface area contributed by atoms with Crippen molar-refractivity contribution in [1.82, 2.24) is 37.2 Å². The first-order valence-corrected chi connectivity index (χ1v) is 22.3. The second kappa shape index (κ2) is 31.0. The Morgan fingerprint density at radius 3 is 1.40 bits per heavy atom. The Hall–Kier alpha value is -5.98. The minimum absolute atomic E-state index is 0.00385. The van der Waals surface area contributed by atoms with Crippen molar-refractivity contribution in [2.45, 2.75) is 147 Å². The highest BCUT2D eigenvalue weighted by atomic mass is 16.4. The Morgan fingerprint density at radius 1 is 0.569 bits per heavy atom. The maximum atomic E-state index is 14.1. The van der Waals surface area contributed by atoms with E-state index >= 15 is 0 Å². The molecule has 0 saturated carbocycles. The van der Waals surface area contributed by atoms with Gasteiger partial charge in [0.15, 0.2) is 17.9 Å². The maximum absolute atomic E-state index is 14.1. The second-order valence-corrected chi connectivity index (χ2v) is 16.8. The van der Waals surface area contributed by atoms with Crippen molar-refractivity contribution >= 4 is 59.3 Å². The van der Waals surface area contributed by atoms with Gasteiger partial charge in [-0.3, -0.25) is 43.7 Å². The van der Waals surface area contributed by atoms with Gasteiger partial charge in [-0.25, -0.2) is 4.79 Å². The molecule has 22 N–H and O–H groups in total. The molecule has 1 aliphatic rings. The predicted molar refractivity (Wildman–Crippen MR) is 247 cm³/mol. The van der Waals surface area contributed by atoms with Crippen LogP contribution in [-0.4, -0.2) is 139 Å². The van der Waals surface area contributed by atoms with Gasteiger partial charge in [0.2, 0.25) is 35.4 Å². The Morgan fingerprint density at radius 2 is 0.985 bits per heavy atom. The summed E-state index contributed by atoms with van der Waals surface area (Å²) in [6, 6.07) is -7.74. The van der Waals surface area contributed by atoms with Gasteiger partial charge in [-0.05, 0) is 102 Å². The molecule has 0 radical (unpaired) electrons.